The molecule has 0 heterocycles. The fourth-order valence-electron chi connectivity index (χ4n) is 1.30. The molecule has 88 valence electrons. The van der Waals surface area contributed by atoms with E-state index in [0.717, 1.165) is 29.7 Å². The number of benzene rings is 1. The lowest BCUT2D eigenvalue weighted by Crippen LogP contribution is -2.10. The molecule has 0 radical (unpaired) electrons. The molecule has 0 saturated heterocycles. The Labute approximate surface area is 101 Å². The quantitative estimate of drug-likeness (QED) is 0.587. The molecule has 0 amide bonds. The molecule has 1 aromatic rings. The minimum atomic E-state index is 0.204. The summed E-state index contributed by atoms with van der Waals surface area (Å²) in [7, 11) is 0. The highest BCUT2D eigenvalue weighted by molar-refractivity contribution is 7.80. The normalized spacial score (nSPS) is 10.1. The van der Waals surface area contributed by atoms with Crippen LogP contribution in [0.15, 0.2) is 18.2 Å². The zero-order valence-electron chi connectivity index (χ0n) is 9.40. The third kappa shape index (κ3) is 3.79. The number of nitrogens with two attached hydrogens (primary N) is 1. The minimum Gasteiger partial charge on any atom is -0.493 e. The van der Waals surface area contributed by atoms with Crippen LogP contribution in [0.3, 0.4) is 0 Å². The zero-order chi connectivity index (χ0) is 12.0. The SMILES string of the molecule is Cc1ccc(C(N)=S)cc1OCCCCO. The maximum Gasteiger partial charge on any atom is 0.122 e. The van der Waals surface area contributed by atoms with Crippen LogP contribution in [0.25, 0.3) is 0 Å². The maximum absolute atomic E-state index is 8.65. The monoisotopic (exact) mass is 239 g/mol. The molecule has 0 aliphatic heterocycles. The summed E-state index contributed by atoms with van der Waals surface area (Å²) in [5, 5.41) is 8.65. The van der Waals surface area contributed by atoms with Gasteiger partial charge in [-0.25, -0.2) is 0 Å². The molecule has 0 saturated carbocycles. The second-order valence-electron chi connectivity index (χ2n) is 3.62. The van der Waals surface area contributed by atoms with Crippen molar-refractivity contribution in [3.63, 3.8) is 0 Å². The van der Waals surface area contributed by atoms with Gasteiger partial charge >= 0.3 is 0 Å². The predicted molar refractivity (Wildman–Crippen MR) is 68.9 cm³/mol. The van der Waals surface area contributed by atoms with Gasteiger partial charge in [0.1, 0.15) is 10.7 Å². The first-order valence-corrected chi connectivity index (χ1v) is 5.70. The van der Waals surface area contributed by atoms with Crippen LogP contribution in [0.1, 0.15) is 24.0 Å². The fourth-order valence-corrected chi connectivity index (χ4v) is 1.43. The van der Waals surface area contributed by atoms with Crippen molar-refractivity contribution in [1.82, 2.24) is 0 Å². The van der Waals surface area contributed by atoms with Crippen LogP contribution in [0, 0.1) is 6.92 Å². The molecule has 0 aliphatic rings. The molecule has 3 nitrogen and oxygen atoms in total. The van der Waals surface area contributed by atoms with Gasteiger partial charge in [0, 0.05) is 12.2 Å². The van der Waals surface area contributed by atoms with Gasteiger partial charge in [-0.05, 0) is 31.4 Å². The van der Waals surface area contributed by atoms with Gasteiger partial charge in [-0.1, -0.05) is 24.4 Å². The van der Waals surface area contributed by atoms with Crippen molar-refractivity contribution in [2.45, 2.75) is 19.8 Å². The Balaban J connectivity index is 2.63. The van der Waals surface area contributed by atoms with Gasteiger partial charge in [-0.15, -0.1) is 0 Å². The highest BCUT2D eigenvalue weighted by Crippen LogP contribution is 2.19. The molecule has 1 rings (SSSR count). The Morgan fingerprint density at radius 3 is 2.81 bits per heavy atom. The van der Waals surface area contributed by atoms with Gasteiger partial charge in [-0.3, -0.25) is 0 Å². The van der Waals surface area contributed by atoms with E-state index >= 15 is 0 Å². The van der Waals surface area contributed by atoms with Gasteiger partial charge in [-0.2, -0.15) is 0 Å². The van der Waals surface area contributed by atoms with E-state index in [-0.39, 0.29) is 6.61 Å². The number of hydrogen-bond acceptors (Lipinski definition) is 3. The smallest absolute Gasteiger partial charge is 0.122 e. The lowest BCUT2D eigenvalue weighted by molar-refractivity contribution is 0.252. The Bertz CT molecular complexity index is 366. The largest absolute Gasteiger partial charge is 0.493 e. The van der Waals surface area contributed by atoms with E-state index < -0.39 is 0 Å². The summed E-state index contributed by atoms with van der Waals surface area (Å²) in [5.41, 5.74) is 7.43. The van der Waals surface area contributed by atoms with E-state index in [1.807, 2.05) is 25.1 Å². The summed E-state index contributed by atoms with van der Waals surface area (Å²) < 4.78 is 5.60. The molecule has 0 spiro atoms. The molecule has 3 N–H and O–H groups in total. The van der Waals surface area contributed by atoms with Crippen LogP contribution >= 0.6 is 12.2 Å². The summed E-state index contributed by atoms with van der Waals surface area (Å²) in [6.07, 6.45) is 1.60. The molecule has 0 atom stereocenters. The van der Waals surface area contributed by atoms with E-state index in [2.05, 4.69) is 0 Å². The number of rotatable bonds is 6. The van der Waals surface area contributed by atoms with E-state index in [1.54, 1.807) is 0 Å². The van der Waals surface area contributed by atoms with Crippen LogP contribution < -0.4 is 10.5 Å². The zero-order valence-corrected chi connectivity index (χ0v) is 10.2. The standard InChI is InChI=1S/C12H17NO2S/c1-9-4-5-10(12(13)16)8-11(9)15-7-3-2-6-14/h4-5,8,14H,2-3,6-7H2,1H3,(H2,13,16). The molecule has 0 fully saturated rings. The van der Waals surface area contributed by atoms with E-state index in [9.17, 15) is 0 Å². The number of aliphatic hydroxyl groups excluding tert-OH is 1. The van der Waals surface area contributed by atoms with Gasteiger partial charge in [0.2, 0.25) is 0 Å². The lowest BCUT2D eigenvalue weighted by atomic mass is 10.1. The number of ether oxygens (including phenoxy) is 1. The molecule has 0 bridgehead atoms. The third-order valence-corrected chi connectivity index (χ3v) is 2.52. The maximum atomic E-state index is 8.65. The average molecular weight is 239 g/mol. The molecular formula is C12H17NO2S. The minimum absolute atomic E-state index is 0.204. The molecule has 0 aliphatic carbocycles. The van der Waals surface area contributed by atoms with Gasteiger partial charge in [0.15, 0.2) is 0 Å². The van der Waals surface area contributed by atoms with Crippen LogP contribution in [-0.2, 0) is 0 Å². The van der Waals surface area contributed by atoms with Crippen molar-refractivity contribution in [2.24, 2.45) is 5.73 Å². The first-order chi connectivity index (χ1) is 7.65. The van der Waals surface area contributed by atoms with Crippen LogP contribution in [-0.4, -0.2) is 23.3 Å². The van der Waals surface area contributed by atoms with Crippen LogP contribution in [0.5, 0.6) is 5.75 Å². The molecule has 1 aromatic carbocycles. The molecular weight excluding hydrogens is 222 g/mol. The Kier molecular flexibility index (Phi) is 5.22. The first-order valence-electron chi connectivity index (χ1n) is 5.29. The van der Waals surface area contributed by atoms with Crippen LogP contribution in [0.2, 0.25) is 0 Å². The predicted octanol–water partition coefficient (Wildman–Crippen LogP) is 1.78. The van der Waals surface area contributed by atoms with Crippen molar-refractivity contribution in [3.8, 4) is 5.75 Å². The number of aryl methyl sites for hydroxylation is 1. The number of thiocarbonyl (C=S) groups is 1. The summed E-state index contributed by atoms with van der Waals surface area (Å²) >= 11 is 4.91. The number of unbranched alkanes of at least 4 members (excludes halogenated alkanes) is 1. The summed E-state index contributed by atoms with van der Waals surface area (Å²) in [4.78, 5) is 0.375. The van der Waals surface area contributed by atoms with Gasteiger partial charge < -0.3 is 15.6 Å². The Morgan fingerprint density at radius 2 is 2.19 bits per heavy atom. The number of aliphatic hydroxyl groups is 1. The fraction of sp³-hybridized carbons (Fsp3) is 0.417. The van der Waals surface area contributed by atoms with Gasteiger partial charge in [0.25, 0.3) is 0 Å². The van der Waals surface area contributed by atoms with Crippen molar-refractivity contribution in [2.75, 3.05) is 13.2 Å². The second kappa shape index (κ2) is 6.45. The molecule has 0 unspecified atom stereocenters. The topological polar surface area (TPSA) is 55.5 Å². The summed E-state index contributed by atoms with van der Waals surface area (Å²) in [6.45, 7) is 2.78. The van der Waals surface area contributed by atoms with E-state index in [0.29, 0.717) is 11.6 Å². The molecule has 16 heavy (non-hydrogen) atoms. The highest BCUT2D eigenvalue weighted by atomic mass is 32.1. The van der Waals surface area contributed by atoms with Crippen molar-refractivity contribution >= 4 is 17.2 Å². The molecule has 4 heteroatoms. The summed E-state index contributed by atoms with van der Waals surface area (Å²) in [5.74, 6) is 0.809. The van der Waals surface area contributed by atoms with E-state index in [1.165, 1.54) is 0 Å². The molecule has 0 aromatic heterocycles. The average Bonchev–Trinajstić information content (AvgIpc) is 2.26. The van der Waals surface area contributed by atoms with Crippen molar-refractivity contribution < 1.29 is 9.84 Å². The second-order valence-corrected chi connectivity index (χ2v) is 4.06. The number of hydrogen-bond donors (Lipinski definition) is 2. The lowest BCUT2D eigenvalue weighted by Gasteiger charge is -2.10. The Morgan fingerprint density at radius 1 is 1.44 bits per heavy atom. The summed E-state index contributed by atoms with van der Waals surface area (Å²) in [6, 6.07) is 5.69. The van der Waals surface area contributed by atoms with Crippen molar-refractivity contribution in [3.05, 3.63) is 29.3 Å². The van der Waals surface area contributed by atoms with Gasteiger partial charge in [0.05, 0.1) is 6.61 Å². The third-order valence-electron chi connectivity index (χ3n) is 2.28. The van der Waals surface area contributed by atoms with E-state index in [4.69, 9.17) is 27.8 Å². The Hall–Kier alpha value is -1.13. The first kappa shape index (κ1) is 12.9. The van der Waals surface area contributed by atoms with Crippen molar-refractivity contribution in [1.29, 1.82) is 0 Å². The van der Waals surface area contributed by atoms with Crippen LogP contribution in [0.4, 0.5) is 0 Å². The highest BCUT2D eigenvalue weighted by Gasteiger charge is 2.03.